The van der Waals surface area contributed by atoms with Crippen molar-refractivity contribution in [2.24, 2.45) is 5.10 Å². The highest BCUT2D eigenvalue weighted by Gasteiger charge is 2.09. The van der Waals surface area contributed by atoms with E-state index in [1.807, 2.05) is 24.3 Å². The Hall–Kier alpha value is -2.86. The van der Waals surface area contributed by atoms with Crippen molar-refractivity contribution in [1.82, 2.24) is 10.7 Å². The molecule has 0 bridgehead atoms. The molecule has 0 fully saturated rings. The van der Waals surface area contributed by atoms with Crippen molar-refractivity contribution in [3.8, 4) is 5.75 Å². The SMILES string of the molecule is CCNC(=O)C(=O)N/N=C/c1ccc(OCc2ccc(Cl)cc2)cc1. The van der Waals surface area contributed by atoms with E-state index in [9.17, 15) is 9.59 Å². The maximum atomic E-state index is 11.4. The predicted octanol–water partition coefficient (Wildman–Crippen LogP) is 2.51. The van der Waals surface area contributed by atoms with Crippen LogP contribution in [0.25, 0.3) is 0 Å². The van der Waals surface area contributed by atoms with Crippen molar-refractivity contribution < 1.29 is 14.3 Å². The Morgan fingerprint density at radius 1 is 1.08 bits per heavy atom. The van der Waals surface area contributed by atoms with Crippen molar-refractivity contribution in [3.63, 3.8) is 0 Å². The molecule has 2 aromatic carbocycles. The van der Waals surface area contributed by atoms with E-state index in [0.29, 0.717) is 23.9 Å². The summed E-state index contributed by atoms with van der Waals surface area (Å²) < 4.78 is 5.68. The Morgan fingerprint density at radius 2 is 1.76 bits per heavy atom. The zero-order valence-electron chi connectivity index (χ0n) is 13.7. The fourth-order valence-electron chi connectivity index (χ4n) is 1.85. The number of carbonyl (C=O) groups excluding carboxylic acids is 2. The van der Waals surface area contributed by atoms with Crippen LogP contribution in [0.3, 0.4) is 0 Å². The summed E-state index contributed by atoms with van der Waals surface area (Å²) in [6, 6.07) is 14.6. The van der Waals surface area contributed by atoms with E-state index < -0.39 is 11.8 Å². The van der Waals surface area contributed by atoms with E-state index in [0.717, 1.165) is 11.1 Å². The maximum Gasteiger partial charge on any atom is 0.329 e. The average Bonchev–Trinajstić information content (AvgIpc) is 2.62. The lowest BCUT2D eigenvalue weighted by atomic mass is 10.2. The summed E-state index contributed by atoms with van der Waals surface area (Å²) in [7, 11) is 0. The Balaban J connectivity index is 1.83. The number of hydrogen-bond acceptors (Lipinski definition) is 4. The molecule has 0 aliphatic heterocycles. The molecule has 0 saturated heterocycles. The number of ether oxygens (including phenoxy) is 1. The summed E-state index contributed by atoms with van der Waals surface area (Å²) >= 11 is 5.84. The van der Waals surface area contributed by atoms with Gasteiger partial charge in [0.05, 0.1) is 6.21 Å². The topological polar surface area (TPSA) is 79.8 Å². The third-order valence-electron chi connectivity index (χ3n) is 3.12. The normalized spacial score (nSPS) is 10.5. The smallest absolute Gasteiger partial charge is 0.329 e. The first kappa shape index (κ1) is 18.5. The van der Waals surface area contributed by atoms with Crippen LogP contribution >= 0.6 is 11.6 Å². The van der Waals surface area contributed by atoms with Crippen LogP contribution in [0.1, 0.15) is 18.1 Å². The summed E-state index contributed by atoms with van der Waals surface area (Å²) in [5.74, 6) is -0.815. The molecule has 0 radical (unpaired) electrons. The van der Waals surface area contributed by atoms with E-state index in [4.69, 9.17) is 16.3 Å². The summed E-state index contributed by atoms with van der Waals surface area (Å²) in [5.41, 5.74) is 3.93. The van der Waals surface area contributed by atoms with Gasteiger partial charge in [0.15, 0.2) is 0 Å². The number of nitrogens with zero attached hydrogens (tertiary/aromatic N) is 1. The Labute approximate surface area is 150 Å². The maximum absolute atomic E-state index is 11.4. The Bertz CT molecular complexity index is 743. The van der Waals surface area contributed by atoms with Gasteiger partial charge in [-0.25, -0.2) is 5.43 Å². The van der Waals surface area contributed by atoms with E-state index in [-0.39, 0.29) is 0 Å². The molecule has 0 atom stereocenters. The first-order valence-electron chi connectivity index (χ1n) is 7.67. The van der Waals surface area contributed by atoms with Crippen molar-refractivity contribution >= 4 is 29.6 Å². The molecule has 25 heavy (non-hydrogen) atoms. The number of amides is 2. The third kappa shape index (κ3) is 6.27. The van der Waals surface area contributed by atoms with Gasteiger partial charge in [0.1, 0.15) is 12.4 Å². The van der Waals surface area contributed by atoms with Crippen LogP contribution in [0.5, 0.6) is 5.75 Å². The third-order valence-corrected chi connectivity index (χ3v) is 3.37. The van der Waals surface area contributed by atoms with Gasteiger partial charge in [-0.1, -0.05) is 23.7 Å². The van der Waals surface area contributed by atoms with Crippen LogP contribution in [0.4, 0.5) is 0 Å². The van der Waals surface area contributed by atoms with Gasteiger partial charge < -0.3 is 10.1 Å². The van der Waals surface area contributed by atoms with Crippen LogP contribution in [-0.4, -0.2) is 24.6 Å². The van der Waals surface area contributed by atoms with Crippen LogP contribution < -0.4 is 15.5 Å². The van der Waals surface area contributed by atoms with Gasteiger partial charge in [-0.15, -0.1) is 0 Å². The van der Waals surface area contributed by atoms with Crippen LogP contribution in [0.2, 0.25) is 5.02 Å². The number of benzene rings is 2. The molecule has 0 unspecified atom stereocenters. The zero-order valence-corrected chi connectivity index (χ0v) is 14.4. The van der Waals surface area contributed by atoms with E-state index in [1.165, 1.54) is 6.21 Å². The van der Waals surface area contributed by atoms with Gasteiger partial charge in [-0.05, 0) is 54.4 Å². The molecule has 2 aromatic rings. The molecule has 2 N–H and O–H groups in total. The van der Waals surface area contributed by atoms with E-state index in [2.05, 4.69) is 15.8 Å². The molecule has 130 valence electrons. The minimum Gasteiger partial charge on any atom is -0.489 e. The fraction of sp³-hybridized carbons (Fsp3) is 0.167. The summed E-state index contributed by atoms with van der Waals surface area (Å²) in [4.78, 5) is 22.6. The van der Waals surface area contributed by atoms with Gasteiger partial charge in [0, 0.05) is 11.6 Å². The lowest BCUT2D eigenvalue weighted by Crippen LogP contribution is -2.37. The van der Waals surface area contributed by atoms with Crippen molar-refractivity contribution in [3.05, 3.63) is 64.7 Å². The largest absolute Gasteiger partial charge is 0.489 e. The average molecular weight is 360 g/mol. The zero-order chi connectivity index (χ0) is 18.1. The molecule has 0 heterocycles. The molecule has 0 saturated carbocycles. The molecule has 0 aromatic heterocycles. The highest BCUT2D eigenvalue weighted by molar-refractivity contribution is 6.35. The molecule has 2 rings (SSSR count). The minimum absolute atomic E-state index is 0.382. The lowest BCUT2D eigenvalue weighted by molar-refractivity contribution is -0.139. The minimum atomic E-state index is -0.805. The molecule has 7 heteroatoms. The highest BCUT2D eigenvalue weighted by Crippen LogP contribution is 2.15. The van der Waals surface area contributed by atoms with Crippen LogP contribution in [0.15, 0.2) is 53.6 Å². The van der Waals surface area contributed by atoms with Crippen LogP contribution in [0, 0.1) is 0 Å². The molecule has 0 aliphatic rings. The summed E-state index contributed by atoms with van der Waals surface area (Å²) in [5, 5.41) is 6.81. The Morgan fingerprint density at radius 3 is 2.40 bits per heavy atom. The quantitative estimate of drug-likeness (QED) is 0.472. The van der Waals surface area contributed by atoms with Crippen molar-refractivity contribution in [2.45, 2.75) is 13.5 Å². The number of halogens is 1. The molecule has 2 amide bonds. The van der Waals surface area contributed by atoms with Crippen molar-refractivity contribution in [1.29, 1.82) is 0 Å². The number of hydrogen-bond donors (Lipinski definition) is 2. The molecule has 0 aliphatic carbocycles. The molecule has 6 nitrogen and oxygen atoms in total. The molecular weight excluding hydrogens is 342 g/mol. The fourth-order valence-corrected chi connectivity index (χ4v) is 1.98. The van der Waals surface area contributed by atoms with E-state index in [1.54, 1.807) is 31.2 Å². The Kier molecular flexibility index (Phi) is 6.98. The lowest BCUT2D eigenvalue weighted by Gasteiger charge is -2.06. The molecular formula is C18H18ClN3O3. The first-order valence-corrected chi connectivity index (χ1v) is 8.05. The monoisotopic (exact) mass is 359 g/mol. The number of hydrazone groups is 1. The van der Waals surface area contributed by atoms with Gasteiger partial charge in [0.25, 0.3) is 0 Å². The van der Waals surface area contributed by atoms with Gasteiger partial charge in [0.2, 0.25) is 0 Å². The second kappa shape index (κ2) is 9.44. The van der Waals surface area contributed by atoms with Crippen molar-refractivity contribution in [2.75, 3.05) is 6.54 Å². The predicted molar refractivity (Wildman–Crippen MR) is 96.6 cm³/mol. The standard InChI is InChI=1S/C18H18ClN3O3/c1-2-20-17(23)18(24)22-21-11-13-5-9-16(10-6-13)25-12-14-3-7-15(19)8-4-14/h3-11H,2,12H2,1H3,(H,20,23)(H,22,24)/b21-11+. The second-order valence-corrected chi connectivity index (χ2v) is 5.48. The number of carbonyl (C=O) groups is 2. The first-order chi connectivity index (χ1) is 12.1. The second-order valence-electron chi connectivity index (χ2n) is 5.04. The highest BCUT2D eigenvalue weighted by atomic mass is 35.5. The van der Waals surface area contributed by atoms with Crippen LogP contribution in [-0.2, 0) is 16.2 Å². The number of nitrogens with one attached hydrogen (secondary N) is 2. The van der Waals surface area contributed by atoms with Gasteiger partial charge in [-0.3, -0.25) is 9.59 Å². The van der Waals surface area contributed by atoms with E-state index >= 15 is 0 Å². The summed E-state index contributed by atoms with van der Waals surface area (Å²) in [6.07, 6.45) is 1.44. The van der Waals surface area contributed by atoms with Gasteiger partial charge >= 0.3 is 11.8 Å². The molecule has 0 spiro atoms. The number of likely N-dealkylation sites (N-methyl/N-ethyl adjacent to an activating group) is 1. The summed E-state index contributed by atoms with van der Waals surface area (Å²) in [6.45, 7) is 2.55. The number of rotatable bonds is 6. The van der Waals surface area contributed by atoms with Gasteiger partial charge in [-0.2, -0.15) is 5.10 Å².